The Morgan fingerprint density at radius 3 is 2.62 bits per heavy atom. The summed E-state index contributed by atoms with van der Waals surface area (Å²) >= 11 is 1.53. The minimum absolute atomic E-state index is 0.187. The van der Waals surface area contributed by atoms with E-state index in [0.29, 0.717) is 12.0 Å². The van der Waals surface area contributed by atoms with Crippen molar-refractivity contribution in [3.8, 4) is 0 Å². The zero-order chi connectivity index (χ0) is 17.1. The topological polar surface area (TPSA) is 61.4 Å². The quantitative estimate of drug-likeness (QED) is 0.841. The summed E-state index contributed by atoms with van der Waals surface area (Å²) in [6.45, 7) is 0. The predicted octanol–water partition coefficient (Wildman–Crippen LogP) is 2.23. The first-order valence-electron chi connectivity index (χ1n) is 7.67. The average Bonchev–Trinajstić information content (AvgIpc) is 3.03. The molecule has 0 spiro atoms. The van der Waals surface area contributed by atoms with Gasteiger partial charge in [0.15, 0.2) is 0 Å². The first-order valence-corrected chi connectivity index (χ1v) is 8.54. The van der Waals surface area contributed by atoms with Gasteiger partial charge in [-0.05, 0) is 36.2 Å². The van der Waals surface area contributed by atoms with Crippen LogP contribution in [0.2, 0.25) is 0 Å². The number of nitrogens with one attached hydrogen (secondary N) is 2. The lowest BCUT2D eigenvalue weighted by atomic mass is 10.1. The second-order valence-electron chi connectivity index (χ2n) is 5.81. The van der Waals surface area contributed by atoms with E-state index in [2.05, 4.69) is 10.9 Å². The fourth-order valence-corrected chi connectivity index (χ4v) is 3.72. The van der Waals surface area contributed by atoms with Gasteiger partial charge in [0.2, 0.25) is 0 Å². The van der Waals surface area contributed by atoms with Gasteiger partial charge in [0.25, 0.3) is 11.8 Å². The molecule has 0 aliphatic carbocycles. The molecule has 0 saturated carbocycles. The van der Waals surface area contributed by atoms with E-state index in [4.69, 9.17) is 0 Å². The second kappa shape index (κ2) is 6.97. The van der Waals surface area contributed by atoms with Gasteiger partial charge in [-0.15, -0.1) is 11.8 Å². The Hall–Kier alpha value is -2.47. The summed E-state index contributed by atoms with van der Waals surface area (Å²) in [5.41, 5.74) is 7.64. The number of anilines is 1. The van der Waals surface area contributed by atoms with Crippen LogP contribution < -0.4 is 15.8 Å². The number of benzene rings is 2. The molecule has 0 saturated heterocycles. The maximum atomic E-state index is 12.3. The molecule has 2 N–H and O–H groups in total. The summed E-state index contributed by atoms with van der Waals surface area (Å²) in [6.07, 6.45) is 0.679. The van der Waals surface area contributed by atoms with Crippen LogP contribution >= 0.6 is 11.8 Å². The molecule has 0 bridgehead atoms. The normalized spacial score (nSPS) is 15.5. The summed E-state index contributed by atoms with van der Waals surface area (Å²) < 4.78 is 0. The molecule has 2 amide bonds. The third kappa shape index (κ3) is 3.54. The SMILES string of the molecule is CN(C)c1cccc(C(=O)NNC(=O)C2Cc3ccccc3S2)c1. The van der Waals surface area contributed by atoms with Crippen LogP contribution in [0.1, 0.15) is 15.9 Å². The third-order valence-electron chi connectivity index (χ3n) is 3.86. The Kier molecular flexibility index (Phi) is 4.76. The number of rotatable bonds is 3. The van der Waals surface area contributed by atoms with E-state index in [1.807, 2.05) is 55.4 Å². The Morgan fingerprint density at radius 2 is 1.88 bits per heavy atom. The van der Waals surface area contributed by atoms with E-state index in [-0.39, 0.29) is 17.1 Å². The number of amides is 2. The highest BCUT2D eigenvalue weighted by atomic mass is 32.2. The smallest absolute Gasteiger partial charge is 0.269 e. The molecule has 1 atom stereocenters. The van der Waals surface area contributed by atoms with Crippen molar-refractivity contribution in [2.75, 3.05) is 19.0 Å². The van der Waals surface area contributed by atoms with E-state index < -0.39 is 0 Å². The molecule has 2 aromatic rings. The molecule has 0 fully saturated rings. The summed E-state index contributed by atoms with van der Waals surface area (Å²) in [4.78, 5) is 27.5. The maximum Gasteiger partial charge on any atom is 0.269 e. The Labute approximate surface area is 145 Å². The molecule has 2 aromatic carbocycles. The van der Waals surface area contributed by atoms with Gasteiger partial charge < -0.3 is 4.90 Å². The molecular weight excluding hydrogens is 322 g/mol. The number of nitrogens with zero attached hydrogens (tertiary/aromatic N) is 1. The third-order valence-corrected chi connectivity index (χ3v) is 5.18. The predicted molar refractivity (Wildman–Crippen MR) is 96.2 cm³/mol. The number of thioether (sulfide) groups is 1. The number of hydrogen-bond donors (Lipinski definition) is 2. The van der Waals surface area contributed by atoms with Crippen molar-refractivity contribution < 1.29 is 9.59 Å². The number of hydrazine groups is 1. The largest absolute Gasteiger partial charge is 0.378 e. The van der Waals surface area contributed by atoms with Crippen LogP contribution in [-0.4, -0.2) is 31.2 Å². The van der Waals surface area contributed by atoms with Crippen molar-refractivity contribution in [1.29, 1.82) is 0 Å². The minimum Gasteiger partial charge on any atom is -0.378 e. The second-order valence-corrected chi connectivity index (χ2v) is 7.05. The van der Waals surface area contributed by atoms with Crippen LogP contribution in [-0.2, 0) is 11.2 Å². The first-order chi connectivity index (χ1) is 11.5. The fourth-order valence-electron chi connectivity index (χ4n) is 2.52. The van der Waals surface area contributed by atoms with Crippen molar-refractivity contribution >= 4 is 29.3 Å². The van der Waals surface area contributed by atoms with Crippen molar-refractivity contribution in [3.05, 3.63) is 59.7 Å². The molecule has 0 radical (unpaired) electrons. The number of fused-ring (bicyclic) bond motifs is 1. The molecule has 1 unspecified atom stereocenters. The lowest BCUT2D eigenvalue weighted by Crippen LogP contribution is -2.45. The van der Waals surface area contributed by atoms with Crippen molar-refractivity contribution in [1.82, 2.24) is 10.9 Å². The molecule has 5 nitrogen and oxygen atoms in total. The molecule has 1 aliphatic heterocycles. The Morgan fingerprint density at radius 1 is 1.08 bits per heavy atom. The fraction of sp³-hybridized carbons (Fsp3) is 0.222. The van der Waals surface area contributed by atoms with Gasteiger partial charge in [-0.25, -0.2) is 0 Å². The van der Waals surface area contributed by atoms with E-state index >= 15 is 0 Å². The van der Waals surface area contributed by atoms with Crippen molar-refractivity contribution in [2.45, 2.75) is 16.6 Å². The molecule has 124 valence electrons. The van der Waals surface area contributed by atoms with Crippen molar-refractivity contribution in [3.63, 3.8) is 0 Å². The first kappa shape index (κ1) is 16.4. The van der Waals surface area contributed by atoms with E-state index in [1.165, 1.54) is 17.3 Å². The van der Waals surface area contributed by atoms with Crippen LogP contribution in [0.3, 0.4) is 0 Å². The monoisotopic (exact) mass is 341 g/mol. The molecule has 1 aliphatic rings. The number of carbonyl (C=O) groups excluding carboxylic acids is 2. The van der Waals surface area contributed by atoms with Crippen LogP contribution in [0.25, 0.3) is 0 Å². The average molecular weight is 341 g/mol. The molecule has 1 heterocycles. The molecular formula is C18H19N3O2S. The van der Waals surface area contributed by atoms with Crippen LogP contribution in [0.5, 0.6) is 0 Å². The molecule has 3 rings (SSSR count). The van der Waals surface area contributed by atoms with Crippen LogP contribution in [0.15, 0.2) is 53.4 Å². The zero-order valence-corrected chi connectivity index (χ0v) is 14.4. The van der Waals surface area contributed by atoms with Crippen LogP contribution in [0, 0.1) is 0 Å². The van der Waals surface area contributed by atoms with Crippen molar-refractivity contribution in [2.24, 2.45) is 0 Å². The van der Waals surface area contributed by atoms with E-state index in [1.54, 1.807) is 12.1 Å². The van der Waals surface area contributed by atoms with Gasteiger partial charge in [-0.3, -0.25) is 20.4 Å². The summed E-state index contributed by atoms with van der Waals surface area (Å²) in [7, 11) is 3.82. The summed E-state index contributed by atoms with van der Waals surface area (Å²) in [5, 5.41) is -0.212. The zero-order valence-electron chi connectivity index (χ0n) is 13.6. The number of hydrogen-bond acceptors (Lipinski definition) is 4. The summed E-state index contributed by atoms with van der Waals surface area (Å²) in [5.74, 6) is -0.513. The molecule has 0 aromatic heterocycles. The van der Waals surface area contributed by atoms with Gasteiger partial charge in [0, 0.05) is 30.2 Å². The lowest BCUT2D eigenvalue weighted by molar-refractivity contribution is -0.121. The Bertz CT molecular complexity index is 751. The van der Waals surface area contributed by atoms with Gasteiger partial charge in [0.05, 0.1) is 5.25 Å². The number of carbonyl (C=O) groups is 2. The van der Waals surface area contributed by atoms with Gasteiger partial charge in [0.1, 0.15) is 0 Å². The highest BCUT2D eigenvalue weighted by molar-refractivity contribution is 8.01. The van der Waals surface area contributed by atoms with Gasteiger partial charge >= 0.3 is 0 Å². The lowest BCUT2D eigenvalue weighted by Gasteiger charge is -2.14. The standard InChI is InChI=1S/C18H19N3O2S/c1-21(2)14-8-5-7-13(10-14)17(22)19-20-18(23)16-11-12-6-3-4-9-15(12)24-16/h3-10,16H,11H2,1-2H3,(H,19,22)(H,20,23). The molecule has 6 heteroatoms. The summed E-state index contributed by atoms with van der Waals surface area (Å²) in [6, 6.07) is 15.2. The highest BCUT2D eigenvalue weighted by Gasteiger charge is 2.28. The maximum absolute atomic E-state index is 12.3. The highest BCUT2D eigenvalue weighted by Crippen LogP contribution is 2.36. The van der Waals surface area contributed by atoms with Gasteiger partial charge in [-0.2, -0.15) is 0 Å². The van der Waals surface area contributed by atoms with E-state index in [0.717, 1.165) is 10.6 Å². The van der Waals surface area contributed by atoms with Gasteiger partial charge in [-0.1, -0.05) is 24.3 Å². The minimum atomic E-state index is -0.326. The van der Waals surface area contributed by atoms with Crippen LogP contribution in [0.4, 0.5) is 5.69 Å². The van der Waals surface area contributed by atoms with E-state index in [9.17, 15) is 9.59 Å². The molecule has 24 heavy (non-hydrogen) atoms. The Balaban J connectivity index is 1.57.